The van der Waals surface area contributed by atoms with Crippen LogP contribution in [0.5, 0.6) is 0 Å². The molecule has 5 heteroatoms. The Balaban J connectivity index is 2.24. The van der Waals surface area contributed by atoms with Crippen LogP contribution in [-0.2, 0) is 11.2 Å². The lowest BCUT2D eigenvalue weighted by Crippen LogP contribution is -2.13. The van der Waals surface area contributed by atoms with Crippen molar-refractivity contribution in [2.24, 2.45) is 0 Å². The third-order valence-electron chi connectivity index (χ3n) is 3.27. The Morgan fingerprint density at radius 3 is 2.30 bits per heavy atom. The summed E-state index contributed by atoms with van der Waals surface area (Å²) in [6.07, 6.45) is 2.31. The second-order valence-corrected chi connectivity index (χ2v) is 5.62. The molecule has 1 N–H and O–H groups in total. The molecule has 23 heavy (non-hydrogen) atoms. The highest BCUT2D eigenvalue weighted by Gasteiger charge is 2.12. The van der Waals surface area contributed by atoms with E-state index in [4.69, 9.17) is 23.2 Å². The average molecular weight is 345 g/mol. The number of hydrogen-bond donors (Lipinski definition) is 1. The monoisotopic (exact) mass is 344 g/mol. The first-order valence-corrected chi connectivity index (χ1v) is 7.77. The molecule has 0 radical (unpaired) electrons. The SMILES string of the molecule is CCc1ccc(NC(=O)/C(C#N)=C/c2c(Cl)cccc2Cl)cc1. The summed E-state index contributed by atoms with van der Waals surface area (Å²) < 4.78 is 0. The number of carbonyl (C=O) groups is 1. The predicted octanol–water partition coefficient (Wildman–Crippen LogP) is 5.10. The van der Waals surface area contributed by atoms with Crippen molar-refractivity contribution in [3.63, 3.8) is 0 Å². The Morgan fingerprint density at radius 1 is 1.17 bits per heavy atom. The Bertz CT molecular complexity index is 769. The van der Waals surface area contributed by atoms with Crippen molar-refractivity contribution in [2.75, 3.05) is 5.32 Å². The maximum Gasteiger partial charge on any atom is 0.266 e. The van der Waals surface area contributed by atoms with Gasteiger partial charge in [-0.1, -0.05) is 48.3 Å². The van der Waals surface area contributed by atoms with Crippen molar-refractivity contribution < 1.29 is 4.79 Å². The third kappa shape index (κ3) is 4.35. The average Bonchev–Trinajstić information content (AvgIpc) is 2.55. The van der Waals surface area contributed by atoms with Crippen molar-refractivity contribution in [1.82, 2.24) is 0 Å². The number of rotatable bonds is 4. The predicted molar refractivity (Wildman–Crippen MR) is 94.5 cm³/mol. The summed E-state index contributed by atoms with van der Waals surface area (Å²) in [5.41, 5.74) is 2.17. The molecule has 0 bridgehead atoms. The molecular formula is C18H14Cl2N2O. The van der Waals surface area contributed by atoms with Crippen LogP contribution in [0.25, 0.3) is 6.08 Å². The van der Waals surface area contributed by atoms with Gasteiger partial charge in [-0.15, -0.1) is 0 Å². The van der Waals surface area contributed by atoms with Crippen LogP contribution in [0.3, 0.4) is 0 Å². The maximum atomic E-state index is 12.2. The van der Waals surface area contributed by atoms with E-state index >= 15 is 0 Å². The summed E-state index contributed by atoms with van der Waals surface area (Å²) >= 11 is 12.1. The van der Waals surface area contributed by atoms with Gasteiger partial charge in [-0.3, -0.25) is 4.79 Å². The molecule has 0 heterocycles. The number of carbonyl (C=O) groups excluding carboxylic acids is 1. The molecule has 0 aliphatic carbocycles. The Labute approximate surface area is 145 Å². The molecule has 0 aromatic heterocycles. The topological polar surface area (TPSA) is 52.9 Å². The fourth-order valence-corrected chi connectivity index (χ4v) is 2.47. The van der Waals surface area contributed by atoms with Gasteiger partial charge in [0.15, 0.2) is 0 Å². The summed E-state index contributed by atoms with van der Waals surface area (Å²) in [5.74, 6) is -0.507. The molecule has 3 nitrogen and oxygen atoms in total. The number of nitriles is 1. The van der Waals surface area contributed by atoms with Crippen LogP contribution in [0, 0.1) is 11.3 Å². The molecule has 0 atom stereocenters. The number of amides is 1. The van der Waals surface area contributed by atoms with Gasteiger partial charge >= 0.3 is 0 Å². The smallest absolute Gasteiger partial charge is 0.266 e. The van der Waals surface area contributed by atoms with Gasteiger partial charge in [-0.05, 0) is 42.3 Å². The minimum absolute atomic E-state index is 0.0698. The van der Waals surface area contributed by atoms with E-state index in [0.29, 0.717) is 21.3 Å². The molecule has 0 spiro atoms. The molecule has 0 saturated carbocycles. The van der Waals surface area contributed by atoms with Gasteiger partial charge in [0.2, 0.25) is 0 Å². The highest BCUT2D eigenvalue weighted by atomic mass is 35.5. The Kier molecular flexibility index (Phi) is 5.81. The first kappa shape index (κ1) is 17.1. The highest BCUT2D eigenvalue weighted by molar-refractivity contribution is 6.37. The number of nitrogens with one attached hydrogen (secondary N) is 1. The standard InChI is InChI=1S/C18H14Cl2N2O/c1-2-12-6-8-14(9-7-12)22-18(23)13(11-21)10-15-16(19)4-3-5-17(15)20/h3-10H,2H2,1H3,(H,22,23)/b13-10+. The van der Waals surface area contributed by atoms with Crippen LogP contribution >= 0.6 is 23.2 Å². The number of anilines is 1. The number of hydrogen-bond acceptors (Lipinski definition) is 2. The fourth-order valence-electron chi connectivity index (χ4n) is 1.96. The number of nitrogens with zero attached hydrogens (tertiary/aromatic N) is 1. The van der Waals surface area contributed by atoms with Gasteiger partial charge in [0.25, 0.3) is 5.91 Å². The zero-order valence-corrected chi connectivity index (χ0v) is 13.9. The first-order chi connectivity index (χ1) is 11.0. The van der Waals surface area contributed by atoms with Crippen LogP contribution in [0.1, 0.15) is 18.1 Å². The molecule has 0 aliphatic heterocycles. The van der Waals surface area contributed by atoms with Crippen molar-refractivity contribution in [3.05, 3.63) is 69.2 Å². The Morgan fingerprint density at radius 2 is 1.78 bits per heavy atom. The first-order valence-electron chi connectivity index (χ1n) is 7.01. The summed E-state index contributed by atoms with van der Waals surface area (Å²) in [5, 5.41) is 12.7. The molecule has 0 fully saturated rings. The zero-order valence-electron chi connectivity index (χ0n) is 12.4. The minimum Gasteiger partial charge on any atom is -0.321 e. The van der Waals surface area contributed by atoms with Gasteiger partial charge in [0.1, 0.15) is 11.6 Å². The van der Waals surface area contributed by atoms with E-state index in [1.165, 1.54) is 11.6 Å². The van der Waals surface area contributed by atoms with E-state index < -0.39 is 5.91 Å². The summed E-state index contributed by atoms with van der Waals surface area (Å²) in [6, 6.07) is 14.3. The molecule has 0 saturated heterocycles. The quantitative estimate of drug-likeness (QED) is 0.619. The molecule has 2 aromatic rings. The lowest BCUT2D eigenvalue weighted by molar-refractivity contribution is -0.112. The van der Waals surface area contributed by atoms with Crippen LogP contribution in [-0.4, -0.2) is 5.91 Å². The molecule has 2 rings (SSSR count). The normalized spacial score (nSPS) is 11.0. The van der Waals surface area contributed by atoms with E-state index in [-0.39, 0.29) is 5.57 Å². The van der Waals surface area contributed by atoms with Crippen LogP contribution in [0.15, 0.2) is 48.0 Å². The van der Waals surface area contributed by atoms with Gasteiger partial charge in [-0.2, -0.15) is 5.26 Å². The van der Waals surface area contributed by atoms with Gasteiger partial charge in [0, 0.05) is 21.3 Å². The van der Waals surface area contributed by atoms with Crippen LogP contribution in [0.2, 0.25) is 10.0 Å². The van der Waals surface area contributed by atoms with E-state index in [9.17, 15) is 10.1 Å². The van der Waals surface area contributed by atoms with Crippen molar-refractivity contribution in [2.45, 2.75) is 13.3 Å². The van der Waals surface area contributed by atoms with E-state index in [2.05, 4.69) is 12.2 Å². The summed E-state index contributed by atoms with van der Waals surface area (Å²) in [4.78, 5) is 12.2. The van der Waals surface area contributed by atoms with Gasteiger partial charge < -0.3 is 5.32 Å². The van der Waals surface area contributed by atoms with Crippen molar-refractivity contribution in [1.29, 1.82) is 5.26 Å². The molecule has 0 aliphatic rings. The fraction of sp³-hybridized carbons (Fsp3) is 0.111. The second kappa shape index (κ2) is 7.82. The molecule has 116 valence electrons. The Hall–Kier alpha value is -2.28. The van der Waals surface area contributed by atoms with Gasteiger partial charge in [-0.25, -0.2) is 0 Å². The largest absolute Gasteiger partial charge is 0.321 e. The molecule has 2 aromatic carbocycles. The summed E-state index contributed by atoms with van der Waals surface area (Å²) in [7, 11) is 0. The maximum absolute atomic E-state index is 12.2. The molecular weight excluding hydrogens is 331 g/mol. The van der Waals surface area contributed by atoms with Gasteiger partial charge in [0.05, 0.1) is 0 Å². The number of halogens is 2. The van der Waals surface area contributed by atoms with E-state index in [0.717, 1.165) is 6.42 Å². The third-order valence-corrected chi connectivity index (χ3v) is 3.93. The highest BCUT2D eigenvalue weighted by Crippen LogP contribution is 2.26. The molecule has 1 amide bonds. The number of benzene rings is 2. The van der Waals surface area contributed by atoms with E-state index in [1.807, 2.05) is 18.2 Å². The van der Waals surface area contributed by atoms with Crippen LogP contribution < -0.4 is 5.32 Å². The lowest BCUT2D eigenvalue weighted by Gasteiger charge is -2.06. The minimum atomic E-state index is -0.507. The van der Waals surface area contributed by atoms with Crippen LogP contribution in [0.4, 0.5) is 5.69 Å². The van der Waals surface area contributed by atoms with Crippen molar-refractivity contribution in [3.8, 4) is 6.07 Å². The molecule has 0 unspecified atom stereocenters. The second-order valence-electron chi connectivity index (χ2n) is 4.81. The van der Waals surface area contributed by atoms with E-state index in [1.54, 1.807) is 30.3 Å². The van der Waals surface area contributed by atoms with Crippen molar-refractivity contribution >= 4 is 40.9 Å². The zero-order chi connectivity index (χ0) is 16.8. The lowest BCUT2D eigenvalue weighted by atomic mass is 10.1. The summed E-state index contributed by atoms with van der Waals surface area (Å²) in [6.45, 7) is 2.05. The number of aryl methyl sites for hydroxylation is 1.